The number of hydrogen-bond donors (Lipinski definition) is 3. The molecule has 14 heteroatoms. The molecule has 3 atom stereocenters. The van der Waals surface area contributed by atoms with Crippen molar-refractivity contribution in [1.29, 1.82) is 0 Å². The van der Waals surface area contributed by atoms with E-state index in [1.807, 2.05) is 0 Å². The number of aliphatic imine (C=N–C) groups is 2. The number of alkyl halides is 3. The van der Waals surface area contributed by atoms with Gasteiger partial charge in [0.1, 0.15) is 23.5 Å². The number of hydrogen-bond acceptors (Lipinski definition) is 7. The van der Waals surface area contributed by atoms with Gasteiger partial charge in [-0.25, -0.2) is 0 Å². The number of rotatable bonds is 14. The van der Waals surface area contributed by atoms with E-state index in [-0.39, 0.29) is 23.4 Å². The van der Waals surface area contributed by atoms with Crippen LogP contribution in [0.15, 0.2) is 70.4 Å². The van der Waals surface area contributed by atoms with Crippen molar-refractivity contribution in [3.05, 3.63) is 76.6 Å². The molecule has 0 aromatic heterocycles. The summed E-state index contributed by atoms with van der Waals surface area (Å²) in [4.78, 5) is 59.9. The third kappa shape index (κ3) is 10.3. The number of methoxy groups -OCH3 is 1. The fourth-order valence-corrected chi connectivity index (χ4v) is 4.24. The SMILES string of the molecule is C=N/C=C(\N=CC)C(=O)N[C@@H](Cc1cccc(Cl)c1)C(=O)N[C@H](C(=O)N[C@H](C(=O)C(F)(F)F)C(C)C)c1cccc(OC)c1. The van der Waals surface area contributed by atoms with Gasteiger partial charge >= 0.3 is 6.18 Å². The summed E-state index contributed by atoms with van der Waals surface area (Å²) in [7, 11) is 1.36. The lowest BCUT2D eigenvalue weighted by atomic mass is 9.97. The van der Waals surface area contributed by atoms with Gasteiger partial charge in [-0.3, -0.25) is 29.2 Å². The van der Waals surface area contributed by atoms with Gasteiger partial charge in [0.2, 0.25) is 11.8 Å². The van der Waals surface area contributed by atoms with Crippen LogP contribution in [-0.4, -0.2) is 61.8 Å². The van der Waals surface area contributed by atoms with Gasteiger partial charge in [-0.1, -0.05) is 49.7 Å². The van der Waals surface area contributed by atoms with Crippen LogP contribution in [0.1, 0.15) is 37.9 Å². The van der Waals surface area contributed by atoms with Crippen LogP contribution >= 0.6 is 11.6 Å². The summed E-state index contributed by atoms with van der Waals surface area (Å²) in [6.45, 7) is 7.54. The maximum absolute atomic E-state index is 13.8. The molecule has 0 saturated carbocycles. The fraction of sp³-hybridized carbons (Fsp3) is 0.333. The van der Waals surface area contributed by atoms with E-state index >= 15 is 0 Å². The van der Waals surface area contributed by atoms with E-state index in [0.29, 0.717) is 10.6 Å². The monoisotopic (exact) mass is 635 g/mol. The van der Waals surface area contributed by atoms with Crippen LogP contribution in [0.2, 0.25) is 5.02 Å². The molecule has 2 aromatic rings. The molecule has 44 heavy (non-hydrogen) atoms. The molecular weight excluding hydrogens is 603 g/mol. The lowest BCUT2D eigenvalue weighted by molar-refractivity contribution is -0.175. The van der Waals surface area contributed by atoms with E-state index in [1.165, 1.54) is 45.4 Å². The van der Waals surface area contributed by atoms with Crippen LogP contribution in [0.5, 0.6) is 5.75 Å². The number of carbonyl (C=O) groups excluding carboxylic acids is 4. The molecule has 10 nitrogen and oxygen atoms in total. The molecule has 0 aliphatic rings. The second-order valence-electron chi connectivity index (χ2n) is 9.75. The second-order valence-corrected chi connectivity index (χ2v) is 10.2. The Hall–Kier alpha value is -4.52. The van der Waals surface area contributed by atoms with Gasteiger partial charge in [0.15, 0.2) is 0 Å². The number of nitrogens with zero attached hydrogens (tertiary/aromatic N) is 2. The molecule has 0 unspecified atom stereocenters. The summed E-state index contributed by atoms with van der Waals surface area (Å²) in [5.41, 5.74) is 0.512. The third-order valence-electron chi connectivity index (χ3n) is 6.17. The molecular formula is C30H33ClF3N5O5. The molecule has 0 heterocycles. The Morgan fingerprint density at radius 2 is 1.70 bits per heavy atom. The smallest absolute Gasteiger partial charge is 0.452 e. The summed E-state index contributed by atoms with van der Waals surface area (Å²) < 4.78 is 45.2. The average molecular weight is 636 g/mol. The van der Waals surface area contributed by atoms with E-state index in [0.717, 1.165) is 6.20 Å². The number of benzene rings is 2. The number of amides is 3. The standard InChI is InChI=1S/C30H33ClF3N5O5/c1-6-36-23(16-35-4)28(42)37-22(14-18-9-7-11-20(31)13-18)27(41)39-25(19-10-8-12-21(15-19)44-5)29(43)38-24(17(2)3)26(40)30(32,33)34/h6-13,15-17,22,24-25H,4,14H2,1-3,5H3,(H,37,42)(H,38,43)(H,39,41)/b23-16-,36-6?/t22-,24-,25-/m0/s1. The molecule has 3 amide bonds. The van der Waals surface area contributed by atoms with Crippen LogP contribution in [-0.2, 0) is 25.6 Å². The van der Waals surface area contributed by atoms with Crippen molar-refractivity contribution in [2.24, 2.45) is 15.9 Å². The molecule has 3 N–H and O–H groups in total. The number of halogens is 4. The predicted octanol–water partition coefficient (Wildman–Crippen LogP) is 4.14. The van der Waals surface area contributed by atoms with E-state index in [9.17, 15) is 32.3 Å². The number of ether oxygens (including phenoxy) is 1. The lowest BCUT2D eigenvalue weighted by Crippen LogP contribution is -2.55. The Balaban J connectivity index is 2.53. The molecule has 0 bridgehead atoms. The van der Waals surface area contributed by atoms with E-state index < -0.39 is 53.7 Å². The zero-order chi connectivity index (χ0) is 33.0. The molecule has 0 fully saturated rings. The first-order valence-electron chi connectivity index (χ1n) is 13.3. The summed E-state index contributed by atoms with van der Waals surface area (Å²) >= 11 is 6.10. The highest BCUT2D eigenvalue weighted by molar-refractivity contribution is 6.30. The number of Topliss-reactive ketones (excluding diaryl/α,β-unsaturated/α-hetero) is 1. The van der Waals surface area contributed by atoms with E-state index in [1.54, 1.807) is 37.3 Å². The second kappa shape index (κ2) is 16.4. The van der Waals surface area contributed by atoms with Gasteiger partial charge in [-0.15, -0.1) is 0 Å². The van der Waals surface area contributed by atoms with Crippen molar-refractivity contribution < 1.29 is 37.1 Å². The van der Waals surface area contributed by atoms with Crippen LogP contribution in [0.3, 0.4) is 0 Å². The van der Waals surface area contributed by atoms with Crippen LogP contribution in [0.4, 0.5) is 13.2 Å². The number of carbonyl (C=O) groups is 4. The van der Waals surface area contributed by atoms with Crippen molar-refractivity contribution in [3.63, 3.8) is 0 Å². The molecule has 0 radical (unpaired) electrons. The Labute approximate surface area is 257 Å². The first-order valence-corrected chi connectivity index (χ1v) is 13.6. The number of ketones is 1. The van der Waals surface area contributed by atoms with Gasteiger partial charge in [-0.05, 0) is 55.0 Å². The Morgan fingerprint density at radius 1 is 1.02 bits per heavy atom. The minimum atomic E-state index is -5.21. The van der Waals surface area contributed by atoms with E-state index in [2.05, 4.69) is 32.7 Å². The summed E-state index contributed by atoms with van der Waals surface area (Å²) in [5.74, 6) is -5.56. The van der Waals surface area contributed by atoms with Crippen LogP contribution in [0, 0.1) is 5.92 Å². The van der Waals surface area contributed by atoms with Gasteiger partial charge in [0.25, 0.3) is 11.7 Å². The highest BCUT2D eigenvalue weighted by Crippen LogP contribution is 2.24. The molecule has 236 valence electrons. The van der Waals surface area contributed by atoms with Gasteiger partial charge in [0.05, 0.1) is 19.4 Å². The maximum atomic E-state index is 13.8. The largest absolute Gasteiger partial charge is 0.497 e. The minimum Gasteiger partial charge on any atom is -0.497 e. The van der Waals surface area contributed by atoms with Gasteiger partial charge in [-0.2, -0.15) is 13.2 Å². The first kappa shape index (κ1) is 35.7. The van der Waals surface area contributed by atoms with Crippen LogP contribution in [0.25, 0.3) is 0 Å². The van der Waals surface area contributed by atoms with E-state index in [4.69, 9.17) is 16.3 Å². The average Bonchev–Trinajstić information content (AvgIpc) is 2.96. The van der Waals surface area contributed by atoms with Crippen LogP contribution < -0.4 is 20.7 Å². The topological polar surface area (TPSA) is 138 Å². The van der Waals surface area contributed by atoms with Crippen molar-refractivity contribution in [3.8, 4) is 5.75 Å². The molecule has 2 aromatic carbocycles. The lowest BCUT2D eigenvalue weighted by Gasteiger charge is -2.27. The highest BCUT2D eigenvalue weighted by Gasteiger charge is 2.45. The van der Waals surface area contributed by atoms with Crippen molar-refractivity contribution in [2.45, 2.75) is 51.5 Å². The van der Waals surface area contributed by atoms with Gasteiger partial charge < -0.3 is 20.7 Å². The Kier molecular flexibility index (Phi) is 13.3. The minimum absolute atomic E-state index is 0.101. The zero-order valence-corrected chi connectivity index (χ0v) is 25.2. The van der Waals surface area contributed by atoms with Crippen molar-refractivity contribution >= 4 is 48.0 Å². The van der Waals surface area contributed by atoms with Gasteiger partial charge in [0, 0.05) is 17.7 Å². The Bertz CT molecular complexity index is 1430. The third-order valence-corrected chi connectivity index (χ3v) is 6.40. The van der Waals surface area contributed by atoms with Crippen molar-refractivity contribution in [1.82, 2.24) is 16.0 Å². The Morgan fingerprint density at radius 3 is 2.27 bits per heavy atom. The maximum Gasteiger partial charge on any atom is 0.452 e. The van der Waals surface area contributed by atoms with Crippen molar-refractivity contribution in [2.75, 3.05) is 7.11 Å². The molecule has 0 aliphatic heterocycles. The predicted molar refractivity (Wildman–Crippen MR) is 161 cm³/mol. The fourth-order valence-electron chi connectivity index (χ4n) is 4.03. The highest BCUT2D eigenvalue weighted by atomic mass is 35.5. The number of nitrogens with one attached hydrogen (secondary N) is 3. The summed E-state index contributed by atoms with van der Waals surface area (Å²) in [6.07, 6.45) is -2.90. The molecule has 2 rings (SSSR count). The zero-order valence-electron chi connectivity index (χ0n) is 24.4. The quantitative estimate of drug-likeness (QED) is 0.212. The first-order chi connectivity index (χ1) is 20.7. The summed E-state index contributed by atoms with van der Waals surface area (Å²) in [5, 5.41) is 7.56. The molecule has 0 aliphatic carbocycles. The molecule has 0 saturated heterocycles. The summed E-state index contributed by atoms with van der Waals surface area (Å²) in [6, 6.07) is 7.53. The molecule has 0 spiro atoms. The normalized spacial score (nSPS) is 14.0.